The number of allylic oxidation sites excluding steroid dienone is 1. The van der Waals surface area contributed by atoms with Crippen LogP contribution in [0, 0.1) is 0 Å². The molecule has 0 saturated heterocycles. The number of aromatic nitrogens is 1. The number of carbonyl (C=O) groups is 2. The van der Waals surface area contributed by atoms with Crippen LogP contribution >= 0.6 is 0 Å². The second-order valence-corrected chi connectivity index (χ2v) is 7.90. The average Bonchev–Trinajstić information content (AvgIpc) is 3.23. The van der Waals surface area contributed by atoms with E-state index >= 15 is 0 Å². The van der Waals surface area contributed by atoms with Crippen molar-refractivity contribution in [3.05, 3.63) is 108 Å². The summed E-state index contributed by atoms with van der Waals surface area (Å²) in [4.78, 5) is 27.2. The molecule has 0 saturated carbocycles. The molecule has 0 radical (unpaired) electrons. The molecule has 0 bridgehead atoms. The summed E-state index contributed by atoms with van der Waals surface area (Å²) in [7, 11) is 1.40. The van der Waals surface area contributed by atoms with Crippen molar-refractivity contribution in [1.29, 1.82) is 0 Å². The van der Waals surface area contributed by atoms with Gasteiger partial charge >= 0.3 is 12.1 Å². The van der Waals surface area contributed by atoms with Gasteiger partial charge in [-0.15, -0.1) is 0 Å². The van der Waals surface area contributed by atoms with Gasteiger partial charge in [-0.25, -0.2) is 9.59 Å². The lowest BCUT2D eigenvalue weighted by molar-refractivity contribution is 0.0604. The summed E-state index contributed by atoms with van der Waals surface area (Å²) >= 11 is 0. The number of anilines is 1. The fraction of sp³-hybridized carbons (Fsp3) is 0.143. The zero-order chi connectivity index (χ0) is 23.7. The molecule has 0 aliphatic carbocycles. The maximum Gasteiger partial charge on any atom is 0.418 e. The fourth-order valence-electron chi connectivity index (χ4n) is 4.66. The van der Waals surface area contributed by atoms with Gasteiger partial charge in [-0.05, 0) is 36.2 Å². The number of esters is 1. The Kier molecular flexibility index (Phi) is 5.64. The molecule has 170 valence electrons. The summed E-state index contributed by atoms with van der Waals surface area (Å²) in [6.07, 6.45) is 5.25. The molecule has 0 unspecified atom stereocenters. The van der Waals surface area contributed by atoms with Gasteiger partial charge in [0.25, 0.3) is 0 Å². The minimum Gasteiger partial charge on any atom is -0.465 e. The van der Waals surface area contributed by atoms with E-state index < -0.39 is 12.1 Å². The molecule has 5 rings (SSSR count). The quantitative estimate of drug-likeness (QED) is 0.356. The maximum absolute atomic E-state index is 13.1. The molecule has 1 amide bonds. The van der Waals surface area contributed by atoms with Crippen LogP contribution in [0.4, 0.5) is 10.5 Å². The van der Waals surface area contributed by atoms with Gasteiger partial charge in [-0.1, -0.05) is 60.7 Å². The fourth-order valence-corrected chi connectivity index (χ4v) is 4.66. The van der Waals surface area contributed by atoms with Crippen LogP contribution in [0.15, 0.2) is 91.3 Å². The van der Waals surface area contributed by atoms with Crippen molar-refractivity contribution in [1.82, 2.24) is 4.40 Å². The standard InChI is InChI=1S/C28H24N2O4/c1-3-34-28(32)30-18-16-21(20-13-7-8-14-22(20)30)26-24(19-11-5-4-6-12-19)25(27(31)33-2)23-15-9-10-17-29(23)26/h4-18,21H,3H2,1-2H3/t21-/m1/s1. The number of amides is 1. The summed E-state index contributed by atoms with van der Waals surface area (Å²) < 4.78 is 12.5. The first-order valence-corrected chi connectivity index (χ1v) is 11.2. The normalized spacial score (nSPS) is 14.6. The molecule has 4 aromatic rings. The number of benzene rings is 2. The van der Waals surface area contributed by atoms with Gasteiger partial charge in [0.15, 0.2) is 0 Å². The molecule has 2 aromatic carbocycles. The second kappa shape index (κ2) is 8.90. The third-order valence-electron chi connectivity index (χ3n) is 6.05. The largest absolute Gasteiger partial charge is 0.465 e. The SMILES string of the molecule is CCOC(=O)N1C=C[C@@H](c2c(-c3ccccc3)c(C(=O)OC)c3ccccn23)c2ccccc21. The van der Waals surface area contributed by atoms with Gasteiger partial charge in [-0.2, -0.15) is 0 Å². The van der Waals surface area contributed by atoms with Crippen LogP contribution in [0.25, 0.3) is 16.6 Å². The van der Waals surface area contributed by atoms with E-state index in [1.54, 1.807) is 13.1 Å². The van der Waals surface area contributed by atoms with Crippen LogP contribution in [-0.2, 0) is 9.47 Å². The van der Waals surface area contributed by atoms with Crippen LogP contribution in [0.3, 0.4) is 0 Å². The summed E-state index contributed by atoms with van der Waals surface area (Å²) in [5.41, 5.74) is 5.63. The molecule has 1 aliphatic rings. The van der Waals surface area contributed by atoms with Gasteiger partial charge in [0.05, 0.1) is 30.5 Å². The molecule has 6 heteroatoms. The molecule has 34 heavy (non-hydrogen) atoms. The molecule has 1 aliphatic heterocycles. The van der Waals surface area contributed by atoms with Crippen molar-refractivity contribution in [3.63, 3.8) is 0 Å². The van der Waals surface area contributed by atoms with E-state index in [0.717, 1.165) is 33.6 Å². The topological polar surface area (TPSA) is 60.2 Å². The van der Waals surface area contributed by atoms with E-state index in [0.29, 0.717) is 12.2 Å². The Balaban J connectivity index is 1.81. The Labute approximate surface area is 197 Å². The highest BCUT2D eigenvalue weighted by atomic mass is 16.6. The van der Waals surface area contributed by atoms with Crippen LogP contribution in [0.5, 0.6) is 0 Å². The summed E-state index contributed by atoms with van der Waals surface area (Å²) in [6, 6.07) is 23.4. The minimum absolute atomic E-state index is 0.217. The number of ether oxygens (including phenoxy) is 2. The first-order chi connectivity index (χ1) is 16.7. The van der Waals surface area contributed by atoms with Gasteiger partial charge in [0, 0.05) is 29.6 Å². The predicted molar refractivity (Wildman–Crippen MR) is 131 cm³/mol. The smallest absolute Gasteiger partial charge is 0.418 e. The Bertz CT molecular complexity index is 1400. The average molecular weight is 453 g/mol. The maximum atomic E-state index is 13.1. The van der Waals surface area contributed by atoms with Gasteiger partial charge in [0.1, 0.15) is 0 Å². The van der Waals surface area contributed by atoms with E-state index in [4.69, 9.17) is 9.47 Å². The lowest BCUT2D eigenvalue weighted by Crippen LogP contribution is -2.30. The van der Waals surface area contributed by atoms with E-state index in [9.17, 15) is 9.59 Å². The van der Waals surface area contributed by atoms with Crippen molar-refractivity contribution in [3.8, 4) is 11.1 Å². The van der Waals surface area contributed by atoms with Gasteiger partial charge < -0.3 is 13.9 Å². The molecule has 1 atom stereocenters. The van der Waals surface area contributed by atoms with E-state index in [-0.39, 0.29) is 5.92 Å². The Hall–Kier alpha value is -4.32. The molecule has 2 aromatic heterocycles. The molecular weight excluding hydrogens is 428 g/mol. The number of pyridine rings is 1. The van der Waals surface area contributed by atoms with Crippen molar-refractivity contribution in [2.24, 2.45) is 0 Å². The van der Waals surface area contributed by atoms with Gasteiger partial charge in [-0.3, -0.25) is 4.90 Å². The molecule has 0 spiro atoms. The van der Waals surface area contributed by atoms with E-state index in [1.807, 2.05) is 89.5 Å². The molecule has 6 nitrogen and oxygen atoms in total. The molecule has 0 fully saturated rings. The zero-order valence-corrected chi connectivity index (χ0v) is 19.0. The zero-order valence-electron chi connectivity index (χ0n) is 19.0. The third kappa shape index (κ3) is 3.44. The van der Waals surface area contributed by atoms with Crippen molar-refractivity contribution in [2.45, 2.75) is 12.8 Å². The van der Waals surface area contributed by atoms with Crippen molar-refractivity contribution in [2.75, 3.05) is 18.6 Å². The van der Waals surface area contributed by atoms with E-state index in [1.165, 1.54) is 12.0 Å². The predicted octanol–water partition coefficient (Wildman–Crippen LogP) is 6.02. The lowest BCUT2D eigenvalue weighted by Gasteiger charge is -2.29. The van der Waals surface area contributed by atoms with Crippen LogP contribution in [0.1, 0.15) is 34.5 Å². The first-order valence-electron chi connectivity index (χ1n) is 11.2. The van der Waals surface area contributed by atoms with Crippen molar-refractivity contribution >= 4 is 23.3 Å². The second-order valence-electron chi connectivity index (χ2n) is 7.90. The lowest BCUT2D eigenvalue weighted by atomic mass is 9.87. The molecule has 0 N–H and O–H groups in total. The van der Waals surface area contributed by atoms with Crippen LogP contribution in [0.2, 0.25) is 0 Å². The Morgan fingerprint density at radius 3 is 2.44 bits per heavy atom. The summed E-state index contributed by atoms with van der Waals surface area (Å²) in [5, 5.41) is 0. The molecular formula is C28H24N2O4. The molecule has 3 heterocycles. The Morgan fingerprint density at radius 1 is 0.941 bits per heavy atom. The number of rotatable bonds is 4. The number of para-hydroxylation sites is 1. The first kappa shape index (κ1) is 21.5. The highest BCUT2D eigenvalue weighted by Gasteiger charge is 2.33. The number of hydrogen-bond acceptors (Lipinski definition) is 4. The van der Waals surface area contributed by atoms with Crippen LogP contribution < -0.4 is 4.90 Å². The highest BCUT2D eigenvalue weighted by Crippen LogP contribution is 2.44. The number of carbonyl (C=O) groups excluding carboxylic acids is 2. The van der Waals surface area contributed by atoms with Crippen LogP contribution in [-0.4, -0.2) is 30.2 Å². The summed E-state index contributed by atoms with van der Waals surface area (Å²) in [5.74, 6) is -0.611. The van der Waals surface area contributed by atoms with E-state index in [2.05, 4.69) is 0 Å². The number of methoxy groups -OCH3 is 1. The Morgan fingerprint density at radius 2 is 1.68 bits per heavy atom. The minimum atomic E-state index is -0.428. The van der Waals surface area contributed by atoms with Gasteiger partial charge in [0.2, 0.25) is 0 Å². The van der Waals surface area contributed by atoms with Crippen molar-refractivity contribution < 1.29 is 19.1 Å². The third-order valence-corrected chi connectivity index (χ3v) is 6.05. The number of nitrogens with zero attached hydrogens (tertiary/aromatic N) is 2. The monoisotopic (exact) mass is 452 g/mol. The highest BCUT2D eigenvalue weighted by molar-refractivity contribution is 6.06. The summed E-state index contributed by atoms with van der Waals surface area (Å²) in [6.45, 7) is 2.08. The number of fused-ring (bicyclic) bond motifs is 2. The number of hydrogen-bond donors (Lipinski definition) is 0.